The quantitative estimate of drug-likeness (QED) is 0.124. The van der Waals surface area contributed by atoms with Gasteiger partial charge in [0.1, 0.15) is 27.2 Å². The minimum Gasteiger partial charge on any atom is -0.744 e. The summed E-state index contributed by atoms with van der Waals surface area (Å²) in [6, 6.07) is 18.6. The van der Waals surface area contributed by atoms with Crippen LogP contribution in [0.4, 0.5) is 28.4 Å². The number of para-hydroxylation sites is 1. The van der Waals surface area contributed by atoms with Gasteiger partial charge in [-0.05, 0) is 41.8 Å². The Kier molecular flexibility index (Phi) is 8.28. The zero-order chi connectivity index (χ0) is 25.2. The van der Waals surface area contributed by atoms with Crippen LogP contribution < -0.4 is 39.6 Å². The molecule has 0 saturated heterocycles. The van der Waals surface area contributed by atoms with Crippen molar-refractivity contribution in [2.75, 3.05) is 12.4 Å². The number of rotatable bonds is 7. The van der Waals surface area contributed by atoms with Crippen molar-refractivity contribution in [3.05, 3.63) is 82.9 Å². The van der Waals surface area contributed by atoms with E-state index in [9.17, 15) is 28.2 Å². The van der Waals surface area contributed by atoms with E-state index < -0.39 is 31.4 Å². The molecule has 4 rings (SSSR count). The van der Waals surface area contributed by atoms with Gasteiger partial charge in [-0.1, -0.05) is 24.3 Å². The van der Waals surface area contributed by atoms with Gasteiger partial charge in [-0.25, -0.2) is 8.42 Å². The number of nitrogens with one attached hydrogen (secondary N) is 1. The van der Waals surface area contributed by atoms with Gasteiger partial charge in [0, 0.05) is 28.9 Å². The van der Waals surface area contributed by atoms with E-state index in [1.54, 1.807) is 18.2 Å². The van der Waals surface area contributed by atoms with Crippen molar-refractivity contribution in [2.24, 2.45) is 10.2 Å². The third-order valence-electron chi connectivity index (χ3n) is 5.02. The van der Waals surface area contributed by atoms with Gasteiger partial charge in [0.15, 0.2) is 5.75 Å². The van der Waals surface area contributed by atoms with E-state index in [-0.39, 0.29) is 57.5 Å². The Hall–Kier alpha value is -3.55. The molecule has 0 heterocycles. The van der Waals surface area contributed by atoms with Gasteiger partial charge in [0.2, 0.25) is 0 Å². The van der Waals surface area contributed by atoms with Crippen LogP contribution in [0.5, 0.6) is 11.5 Å². The second-order valence-corrected chi connectivity index (χ2v) is 8.61. The van der Waals surface area contributed by atoms with Crippen LogP contribution in [0.2, 0.25) is 0 Å². The maximum Gasteiger partial charge on any atom is 1.00 e. The summed E-state index contributed by atoms with van der Waals surface area (Å²) in [4.78, 5) is 9.66. The maximum absolute atomic E-state index is 11.9. The standard InChI is InChI=1S/C23H18N4O7S.Na/c1-34-20-10-9-17(27(29)30)13-19(20)25-26-22-21(35(31,32)33)11-14-7-8-16(12-18(14)23(22)28)24-15-5-3-2-4-6-15;/h2-13,24,28H,1H3,(H,31,32,33);/q;+1/p-1. The van der Waals surface area contributed by atoms with Crippen LogP contribution in [0, 0.1) is 10.1 Å². The van der Waals surface area contributed by atoms with Crippen molar-refractivity contribution in [3.63, 3.8) is 0 Å². The van der Waals surface area contributed by atoms with E-state index in [0.717, 1.165) is 17.8 Å². The molecule has 4 aromatic carbocycles. The molecule has 36 heavy (non-hydrogen) atoms. The van der Waals surface area contributed by atoms with Crippen LogP contribution in [0.3, 0.4) is 0 Å². The molecule has 0 aliphatic heterocycles. The molecule has 0 spiro atoms. The molecule has 4 aromatic rings. The number of methoxy groups -OCH3 is 1. The maximum atomic E-state index is 11.9. The molecule has 0 amide bonds. The van der Waals surface area contributed by atoms with Crippen molar-refractivity contribution in [1.82, 2.24) is 0 Å². The van der Waals surface area contributed by atoms with Crippen molar-refractivity contribution in [2.45, 2.75) is 4.90 Å². The predicted octanol–water partition coefficient (Wildman–Crippen LogP) is 2.53. The van der Waals surface area contributed by atoms with Crippen LogP contribution in [-0.2, 0) is 10.1 Å². The van der Waals surface area contributed by atoms with Gasteiger partial charge < -0.3 is 19.7 Å². The molecule has 0 aromatic heterocycles. The van der Waals surface area contributed by atoms with Crippen molar-refractivity contribution >= 4 is 49.3 Å². The summed E-state index contributed by atoms with van der Waals surface area (Å²) < 4.78 is 40.9. The number of nitro benzene ring substituents is 1. The average Bonchev–Trinajstić information content (AvgIpc) is 2.83. The number of phenolic OH excluding ortho intramolecular Hbond substituents is 1. The SMILES string of the molecule is COc1ccc([N+](=O)[O-])cc1N=Nc1c(S(=O)(=O)[O-])cc2ccc(Nc3ccccc3)cc2c1O.[Na+]. The molecule has 13 heteroatoms. The second kappa shape index (κ2) is 11.0. The van der Waals surface area contributed by atoms with E-state index in [2.05, 4.69) is 15.5 Å². The third-order valence-corrected chi connectivity index (χ3v) is 5.87. The summed E-state index contributed by atoms with van der Waals surface area (Å²) >= 11 is 0. The molecule has 0 radical (unpaired) electrons. The van der Waals surface area contributed by atoms with Crippen molar-refractivity contribution in [3.8, 4) is 11.5 Å². The smallest absolute Gasteiger partial charge is 0.744 e. The first-order chi connectivity index (χ1) is 16.7. The first-order valence-electron chi connectivity index (χ1n) is 9.99. The Labute approximate surface area is 227 Å². The monoisotopic (exact) mass is 516 g/mol. The van der Waals surface area contributed by atoms with Gasteiger partial charge >= 0.3 is 29.6 Å². The van der Waals surface area contributed by atoms with Crippen LogP contribution in [0.1, 0.15) is 0 Å². The van der Waals surface area contributed by atoms with Crippen LogP contribution in [0.25, 0.3) is 10.8 Å². The van der Waals surface area contributed by atoms with E-state index in [4.69, 9.17) is 4.74 Å². The number of benzene rings is 4. The van der Waals surface area contributed by atoms with Gasteiger partial charge in [-0.15, -0.1) is 10.2 Å². The molecule has 0 aliphatic carbocycles. The number of azo groups is 1. The Balaban J connectivity index is 0.00000361. The fraction of sp³-hybridized carbons (Fsp3) is 0.0435. The number of nitrogens with zero attached hydrogens (tertiary/aromatic N) is 3. The van der Waals surface area contributed by atoms with Crippen molar-refractivity contribution in [1.29, 1.82) is 0 Å². The Bertz CT molecular complexity index is 1580. The van der Waals surface area contributed by atoms with Gasteiger partial charge in [-0.2, -0.15) is 0 Å². The number of ether oxygens (including phenoxy) is 1. The molecular formula is C23H17N4NaO7S. The molecule has 0 aliphatic rings. The third kappa shape index (κ3) is 5.80. The normalized spacial score (nSPS) is 11.3. The number of nitro groups is 1. The number of phenols is 1. The fourth-order valence-electron chi connectivity index (χ4n) is 3.37. The first-order valence-corrected chi connectivity index (χ1v) is 11.4. The summed E-state index contributed by atoms with van der Waals surface area (Å²) in [5, 5.41) is 33.3. The van der Waals surface area contributed by atoms with Crippen molar-refractivity contribution < 1.29 is 57.3 Å². The molecule has 0 bridgehead atoms. The van der Waals surface area contributed by atoms with E-state index >= 15 is 0 Å². The first kappa shape index (κ1) is 27.0. The van der Waals surface area contributed by atoms with E-state index in [1.165, 1.54) is 19.2 Å². The Morgan fingerprint density at radius 1 is 0.972 bits per heavy atom. The van der Waals surface area contributed by atoms with Crippen LogP contribution in [-0.4, -0.2) is 30.1 Å². The Morgan fingerprint density at radius 3 is 2.33 bits per heavy atom. The minimum absolute atomic E-state index is 0. The molecule has 0 atom stereocenters. The summed E-state index contributed by atoms with van der Waals surface area (Å²) in [5.41, 5.74) is 0.353. The number of fused-ring (bicyclic) bond motifs is 1. The number of aromatic hydroxyl groups is 1. The van der Waals surface area contributed by atoms with Gasteiger partial charge in [0.05, 0.1) is 16.9 Å². The number of anilines is 2. The molecular weight excluding hydrogens is 499 g/mol. The number of non-ortho nitro benzene ring substituents is 1. The molecule has 11 nitrogen and oxygen atoms in total. The summed E-state index contributed by atoms with van der Waals surface area (Å²) in [7, 11) is -3.76. The van der Waals surface area contributed by atoms with E-state index in [1.807, 2.05) is 30.3 Å². The zero-order valence-corrected chi connectivity index (χ0v) is 21.9. The summed E-state index contributed by atoms with van der Waals surface area (Å²) in [5.74, 6) is -0.484. The molecule has 0 saturated carbocycles. The molecule has 2 N–H and O–H groups in total. The fourth-order valence-corrected chi connectivity index (χ4v) is 4.01. The number of hydrogen-bond donors (Lipinski definition) is 2. The average molecular weight is 516 g/mol. The largest absolute Gasteiger partial charge is 1.00 e. The predicted molar refractivity (Wildman–Crippen MR) is 127 cm³/mol. The second-order valence-electron chi connectivity index (χ2n) is 7.27. The molecule has 178 valence electrons. The van der Waals surface area contributed by atoms with Gasteiger partial charge in [-0.3, -0.25) is 10.1 Å². The van der Waals surface area contributed by atoms with Gasteiger partial charge in [0.25, 0.3) is 5.69 Å². The van der Waals surface area contributed by atoms with Crippen LogP contribution >= 0.6 is 0 Å². The molecule has 0 unspecified atom stereocenters. The topological polar surface area (TPSA) is 167 Å². The minimum atomic E-state index is -5.07. The number of hydrogen-bond acceptors (Lipinski definition) is 10. The summed E-state index contributed by atoms with van der Waals surface area (Å²) in [6.07, 6.45) is 0. The Morgan fingerprint density at radius 2 is 1.69 bits per heavy atom. The summed E-state index contributed by atoms with van der Waals surface area (Å²) in [6.45, 7) is 0. The zero-order valence-electron chi connectivity index (χ0n) is 19.1. The molecule has 0 fully saturated rings. The van der Waals surface area contributed by atoms with E-state index in [0.29, 0.717) is 5.69 Å². The van der Waals surface area contributed by atoms with Crippen LogP contribution in [0.15, 0.2) is 87.9 Å².